The number of rotatable bonds is 5. The van der Waals surface area contributed by atoms with Crippen molar-refractivity contribution >= 4 is 5.91 Å². The monoisotopic (exact) mass is 209 g/mol. The van der Waals surface area contributed by atoms with E-state index >= 15 is 0 Å². The highest BCUT2D eigenvalue weighted by Crippen LogP contribution is 1.90. The van der Waals surface area contributed by atoms with Gasteiger partial charge in [-0.1, -0.05) is 0 Å². The van der Waals surface area contributed by atoms with Crippen LogP contribution in [0.15, 0.2) is 18.7 Å². The molecule has 0 aliphatic heterocycles. The fourth-order valence-electron chi connectivity index (χ4n) is 0.911. The van der Waals surface area contributed by atoms with E-state index in [9.17, 15) is 4.79 Å². The molecule has 0 saturated heterocycles. The molecule has 0 radical (unpaired) electrons. The lowest BCUT2D eigenvalue weighted by Gasteiger charge is -2.10. The van der Waals surface area contributed by atoms with Gasteiger partial charge in [0.1, 0.15) is 6.33 Å². The van der Waals surface area contributed by atoms with Crippen molar-refractivity contribution in [3.8, 4) is 0 Å². The standard InChI is InChI=1S/C9H15N5O/c1-14(2)4-3-12-13-9(15)8-5-10-7-11-6-8/h5-7,12H,3-4H2,1-2H3,(H,13,15). The SMILES string of the molecule is CN(C)CCNNC(=O)c1cncnc1. The number of carbonyl (C=O) groups is 1. The predicted octanol–water partition coefficient (Wildman–Crippen LogP) is -0.727. The topological polar surface area (TPSA) is 70.2 Å². The van der Waals surface area contributed by atoms with Gasteiger partial charge in [-0.2, -0.15) is 0 Å². The summed E-state index contributed by atoms with van der Waals surface area (Å²) < 4.78 is 0. The van der Waals surface area contributed by atoms with Crippen LogP contribution in [0.1, 0.15) is 10.4 Å². The summed E-state index contributed by atoms with van der Waals surface area (Å²) in [5.41, 5.74) is 5.82. The summed E-state index contributed by atoms with van der Waals surface area (Å²) in [7, 11) is 3.93. The van der Waals surface area contributed by atoms with Crippen molar-refractivity contribution in [2.24, 2.45) is 0 Å². The van der Waals surface area contributed by atoms with E-state index < -0.39 is 0 Å². The summed E-state index contributed by atoms with van der Waals surface area (Å²) in [6.07, 6.45) is 4.32. The maximum atomic E-state index is 11.4. The lowest BCUT2D eigenvalue weighted by molar-refractivity contribution is 0.0931. The smallest absolute Gasteiger partial charge is 0.268 e. The van der Waals surface area contributed by atoms with E-state index in [1.54, 1.807) is 0 Å². The molecule has 2 N–H and O–H groups in total. The minimum atomic E-state index is -0.227. The van der Waals surface area contributed by atoms with Gasteiger partial charge >= 0.3 is 0 Å². The number of nitrogens with one attached hydrogen (secondary N) is 2. The molecule has 1 amide bonds. The zero-order valence-electron chi connectivity index (χ0n) is 8.90. The van der Waals surface area contributed by atoms with Crippen LogP contribution in [-0.4, -0.2) is 48.0 Å². The Hall–Kier alpha value is -1.53. The number of carbonyl (C=O) groups excluding carboxylic acids is 1. The van der Waals surface area contributed by atoms with Crippen LogP contribution in [0.4, 0.5) is 0 Å². The van der Waals surface area contributed by atoms with Crippen molar-refractivity contribution < 1.29 is 4.79 Å². The number of hydrazine groups is 1. The number of nitrogens with zero attached hydrogens (tertiary/aromatic N) is 3. The summed E-state index contributed by atoms with van der Waals surface area (Å²) in [6, 6.07) is 0. The zero-order valence-corrected chi connectivity index (χ0v) is 8.90. The number of likely N-dealkylation sites (N-methyl/N-ethyl adjacent to an activating group) is 1. The first kappa shape index (κ1) is 11.5. The molecule has 0 unspecified atom stereocenters. The van der Waals surface area contributed by atoms with Crippen molar-refractivity contribution in [2.45, 2.75) is 0 Å². The Balaban J connectivity index is 2.25. The maximum absolute atomic E-state index is 11.4. The Morgan fingerprint density at radius 3 is 2.67 bits per heavy atom. The van der Waals surface area contributed by atoms with Crippen molar-refractivity contribution in [1.29, 1.82) is 0 Å². The van der Waals surface area contributed by atoms with Crippen molar-refractivity contribution in [3.63, 3.8) is 0 Å². The first-order valence-corrected chi connectivity index (χ1v) is 4.63. The first-order valence-electron chi connectivity index (χ1n) is 4.63. The highest BCUT2D eigenvalue weighted by Gasteiger charge is 2.03. The zero-order chi connectivity index (χ0) is 11.1. The summed E-state index contributed by atoms with van der Waals surface area (Å²) in [5, 5.41) is 0. The fourth-order valence-corrected chi connectivity index (χ4v) is 0.911. The van der Waals surface area contributed by atoms with Crippen LogP contribution in [0.3, 0.4) is 0 Å². The summed E-state index contributed by atoms with van der Waals surface area (Å²) in [5.74, 6) is -0.227. The van der Waals surface area contributed by atoms with Crippen LogP contribution in [0, 0.1) is 0 Å². The van der Waals surface area contributed by atoms with Gasteiger partial charge in [-0.15, -0.1) is 0 Å². The molecular formula is C9H15N5O. The molecule has 1 heterocycles. The van der Waals surface area contributed by atoms with Crippen LogP contribution < -0.4 is 10.9 Å². The second-order valence-corrected chi connectivity index (χ2v) is 3.31. The molecule has 0 spiro atoms. The highest BCUT2D eigenvalue weighted by atomic mass is 16.2. The van der Waals surface area contributed by atoms with Gasteiger partial charge in [0.2, 0.25) is 0 Å². The summed E-state index contributed by atoms with van der Waals surface area (Å²) >= 11 is 0. The van der Waals surface area contributed by atoms with Crippen LogP contribution in [-0.2, 0) is 0 Å². The number of hydrogen-bond donors (Lipinski definition) is 2. The molecule has 0 aliphatic carbocycles. The van der Waals surface area contributed by atoms with E-state index in [0.29, 0.717) is 12.1 Å². The van der Waals surface area contributed by atoms with E-state index in [2.05, 4.69) is 20.8 Å². The molecule has 0 aliphatic rings. The third-order valence-electron chi connectivity index (χ3n) is 1.71. The predicted molar refractivity (Wildman–Crippen MR) is 56.1 cm³/mol. The average molecular weight is 209 g/mol. The van der Waals surface area contributed by atoms with Gasteiger partial charge in [-0.25, -0.2) is 15.4 Å². The number of aromatic nitrogens is 2. The van der Waals surface area contributed by atoms with Crippen LogP contribution in [0.25, 0.3) is 0 Å². The van der Waals surface area contributed by atoms with Crippen molar-refractivity contribution in [1.82, 2.24) is 25.7 Å². The van der Waals surface area contributed by atoms with Gasteiger partial charge < -0.3 is 4.90 Å². The van der Waals surface area contributed by atoms with Crippen molar-refractivity contribution in [2.75, 3.05) is 27.2 Å². The van der Waals surface area contributed by atoms with E-state index in [0.717, 1.165) is 6.54 Å². The van der Waals surface area contributed by atoms with Gasteiger partial charge in [0.05, 0.1) is 5.56 Å². The molecule has 1 aromatic rings. The largest absolute Gasteiger partial charge is 0.308 e. The minimum absolute atomic E-state index is 0.227. The Morgan fingerprint density at radius 1 is 1.40 bits per heavy atom. The molecule has 1 rings (SSSR count). The van der Waals surface area contributed by atoms with E-state index in [4.69, 9.17) is 0 Å². The molecule has 0 saturated carbocycles. The molecule has 0 bridgehead atoms. The number of hydrogen-bond acceptors (Lipinski definition) is 5. The summed E-state index contributed by atoms with van der Waals surface area (Å²) in [4.78, 5) is 20.9. The van der Waals surface area contributed by atoms with Gasteiger partial charge in [-0.3, -0.25) is 10.2 Å². The van der Waals surface area contributed by atoms with E-state index in [1.165, 1.54) is 18.7 Å². The first-order chi connectivity index (χ1) is 7.20. The number of amides is 1. The van der Waals surface area contributed by atoms with E-state index in [1.807, 2.05) is 19.0 Å². The minimum Gasteiger partial charge on any atom is -0.308 e. The lowest BCUT2D eigenvalue weighted by Crippen LogP contribution is -2.41. The normalized spacial score (nSPS) is 10.3. The van der Waals surface area contributed by atoms with Crippen molar-refractivity contribution in [3.05, 3.63) is 24.3 Å². The molecule has 82 valence electrons. The lowest BCUT2D eigenvalue weighted by atomic mass is 10.3. The molecule has 6 nitrogen and oxygen atoms in total. The molecule has 0 fully saturated rings. The Kier molecular flexibility index (Phi) is 4.65. The molecular weight excluding hydrogens is 194 g/mol. The maximum Gasteiger partial charge on any atom is 0.268 e. The molecule has 0 aromatic carbocycles. The Morgan fingerprint density at radius 2 is 2.07 bits per heavy atom. The Bertz CT molecular complexity index is 301. The van der Waals surface area contributed by atoms with Gasteiger partial charge in [-0.05, 0) is 14.1 Å². The van der Waals surface area contributed by atoms with Gasteiger partial charge in [0.15, 0.2) is 0 Å². The molecule has 0 atom stereocenters. The molecule has 15 heavy (non-hydrogen) atoms. The quantitative estimate of drug-likeness (QED) is 0.494. The van der Waals surface area contributed by atoms with E-state index in [-0.39, 0.29) is 5.91 Å². The third-order valence-corrected chi connectivity index (χ3v) is 1.71. The molecule has 6 heteroatoms. The van der Waals surface area contributed by atoms with Gasteiger partial charge in [0, 0.05) is 25.5 Å². The van der Waals surface area contributed by atoms with Crippen LogP contribution in [0.5, 0.6) is 0 Å². The highest BCUT2D eigenvalue weighted by molar-refractivity contribution is 5.93. The van der Waals surface area contributed by atoms with Gasteiger partial charge in [0.25, 0.3) is 5.91 Å². The van der Waals surface area contributed by atoms with Crippen LogP contribution in [0.2, 0.25) is 0 Å². The van der Waals surface area contributed by atoms with Crippen LogP contribution >= 0.6 is 0 Å². The Labute approximate surface area is 88.7 Å². The molecule has 1 aromatic heterocycles. The second kappa shape index (κ2) is 6.05. The second-order valence-electron chi connectivity index (χ2n) is 3.31. The summed E-state index contributed by atoms with van der Waals surface area (Å²) in [6.45, 7) is 1.54. The average Bonchev–Trinajstić information content (AvgIpc) is 2.25. The third kappa shape index (κ3) is 4.48. The fraction of sp³-hybridized carbons (Fsp3) is 0.444.